The molecule has 7 heteroatoms. The quantitative estimate of drug-likeness (QED) is 0.699. The van der Waals surface area contributed by atoms with Crippen molar-refractivity contribution < 1.29 is 19.5 Å². The third-order valence-corrected chi connectivity index (χ3v) is 3.00. The lowest BCUT2D eigenvalue weighted by atomic mass is 10.3. The Labute approximate surface area is 108 Å². The highest BCUT2D eigenvalue weighted by molar-refractivity contribution is 7.12. The first-order valence-corrected chi connectivity index (χ1v) is 6.22. The van der Waals surface area contributed by atoms with Gasteiger partial charge in [0.25, 0.3) is 5.91 Å². The number of hydrogen-bond acceptors (Lipinski definition) is 4. The SMILES string of the molecule is CC(NC(=O)CCNC(=O)c1cccs1)C(=O)O. The molecule has 0 aliphatic carbocycles. The van der Waals surface area contributed by atoms with Crippen molar-refractivity contribution in [3.05, 3.63) is 22.4 Å². The van der Waals surface area contributed by atoms with E-state index in [0.717, 1.165) is 0 Å². The molecule has 0 aliphatic heterocycles. The van der Waals surface area contributed by atoms with E-state index >= 15 is 0 Å². The van der Waals surface area contributed by atoms with E-state index < -0.39 is 17.9 Å². The van der Waals surface area contributed by atoms with E-state index in [2.05, 4.69) is 10.6 Å². The number of carbonyl (C=O) groups excluding carboxylic acids is 2. The molecule has 1 rings (SSSR count). The Morgan fingerprint density at radius 2 is 2.17 bits per heavy atom. The molecule has 2 amide bonds. The summed E-state index contributed by atoms with van der Waals surface area (Å²) in [5, 5.41) is 15.3. The molecule has 0 radical (unpaired) electrons. The molecule has 0 saturated carbocycles. The number of carbonyl (C=O) groups is 3. The van der Waals surface area contributed by atoms with Gasteiger partial charge in [0.05, 0.1) is 4.88 Å². The molecule has 3 N–H and O–H groups in total. The van der Waals surface area contributed by atoms with Crippen LogP contribution in [0.5, 0.6) is 0 Å². The van der Waals surface area contributed by atoms with Gasteiger partial charge in [-0.2, -0.15) is 0 Å². The Hall–Kier alpha value is -1.89. The molecular formula is C11H14N2O4S. The topological polar surface area (TPSA) is 95.5 Å². The summed E-state index contributed by atoms with van der Waals surface area (Å²) in [5.74, 6) is -1.73. The molecule has 0 spiro atoms. The molecule has 1 aromatic rings. The fraction of sp³-hybridized carbons (Fsp3) is 0.364. The second-order valence-corrected chi connectivity index (χ2v) is 4.56. The standard InChI is InChI=1S/C11H14N2O4S/c1-7(11(16)17)13-9(14)4-5-12-10(15)8-3-2-6-18-8/h2-3,6-7H,4-5H2,1H3,(H,12,15)(H,13,14)(H,16,17). The van der Waals surface area contributed by atoms with Crippen LogP contribution in [0.3, 0.4) is 0 Å². The van der Waals surface area contributed by atoms with Gasteiger partial charge < -0.3 is 15.7 Å². The van der Waals surface area contributed by atoms with E-state index in [1.165, 1.54) is 18.3 Å². The molecular weight excluding hydrogens is 256 g/mol. The lowest BCUT2D eigenvalue weighted by molar-refractivity contribution is -0.141. The van der Waals surface area contributed by atoms with E-state index in [1.807, 2.05) is 0 Å². The van der Waals surface area contributed by atoms with Crippen LogP contribution in [0.25, 0.3) is 0 Å². The Bertz CT molecular complexity index is 430. The van der Waals surface area contributed by atoms with Crippen molar-refractivity contribution in [1.82, 2.24) is 10.6 Å². The van der Waals surface area contributed by atoms with Gasteiger partial charge >= 0.3 is 5.97 Å². The molecule has 1 unspecified atom stereocenters. The maximum Gasteiger partial charge on any atom is 0.325 e. The zero-order valence-corrected chi connectivity index (χ0v) is 10.6. The minimum absolute atomic E-state index is 0.0503. The summed E-state index contributed by atoms with van der Waals surface area (Å²) in [6.45, 7) is 1.55. The van der Waals surface area contributed by atoms with Crippen molar-refractivity contribution in [3.8, 4) is 0 Å². The van der Waals surface area contributed by atoms with E-state index in [0.29, 0.717) is 4.88 Å². The molecule has 18 heavy (non-hydrogen) atoms. The number of hydrogen-bond donors (Lipinski definition) is 3. The predicted octanol–water partition coefficient (Wildman–Crippen LogP) is 0.457. The minimum atomic E-state index is -1.09. The van der Waals surface area contributed by atoms with Crippen molar-refractivity contribution in [3.63, 3.8) is 0 Å². The molecule has 0 aromatic carbocycles. The summed E-state index contributed by atoms with van der Waals surface area (Å²) in [6, 6.07) is 2.53. The lowest BCUT2D eigenvalue weighted by Gasteiger charge is -2.09. The first-order chi connectivity index (χ1) is 8.50. The monoisotopic (exact) mass is 270 g/mol. The third-order valence-electron chi connectivity index (χ3n) is 2.13. The number of carboxylic acid groups (broad SMARTS) is 1. The van der Waals surface area contributed by atoms with Crippen LogP contribution in [0.2, 0.25) is 0 Å². The maximum atomic E-state index is 11.5. The van der Waals surface area contributed by atoms with Crippen molar-refractivity contribution in [2.45, 2.75) is 19.4 Å². The Balaban J connectivity index is 2.24. The molecule has 0 fully saturated rings. The molecule has 0 aliphatic rings. The highest BCUT2D eigenvalue weighted by Gasteiger charge is 2.13. The molecule has 98 valence electrons. The lowest BCUT2D eigenvalue weighted by Crippen LogP contribution is -2.39. The van der Waals surface area contributed by atoms with Gasteiger partial charge in [-0.3, -0.25) is 14.4 Å². The Kier molecular flexibility index (Phi) is 5.31. The third kappa shape index (κ3) is 4.54. The number of rotatable bonds is 6. The van der Waals surface area contributed by atoms with Crippen LogP contribution >= 0.6 is 11.3 Å². The Morgan fingerprint density at radius 1 is 1.44 bits per heavy atom. The average Bonchev–Trinajstić information content (AvgIpc) is 2.81. The zero-order valence-electron chi connectivity index (χ0n) is 9.80. The Morgan fingerprint density at radius 3 is 2.72 bits per heavy atom. The van der Waals surface area contributed by atoms with Gasteiger partial charge in [0.15, 0.2) is 0 Å². The highest BCUT2D eigenvalue weighted by atomic mass is 32.1. The summed E-state index contributed by atoms with van der Waals surface area (Å²) in [6.07, 6.45) is 0.0503. The first kappa shape index (κ1) is 14.2. The van der Waals surface area contributed by atoms with Gasteiger partial charge in [0, 0.05) is 13.0 Å². The van der Waals surface area contributed by atoms with Gasteiger partial charge in [-0.05, 0) is 18.4 Å². The highest BCUT2D eigenvalue weighted by Crippen LogP contribution is 2.07. The minimum Gasteiger partial charge on any atom is -0.480 e. The number of amides is 2. The van der Waals surface area contributed by atoms with Gasteiger partial charge in [0.1, 0.15) is 6.04 Å². The number of aliphatic carboxylic acids is 1. The van der Waals surface area contributed by atoms with Crippen molar-refractivity contribution >= 4 is 29.1 Å². The van der Waals surface area contributed by atoms with Crippen LogP contribution in [-0.4, -0.2) is 35.5 Å². The molecule has 1 aromatic heterocycles. The smallest absolute Gasteiger partial charge is 0.325 e. The van der Waals surface area contributed by atoms with Crippen LogP contribution < -0.4 is 10.6 Å². The predicted molar refractivity (Wildman–Crippen MR) is 66.5 cm³/mol. The fourth-order valence-electron chi connectivity index (χ4n) is 1.16. The van der Waals surface area contributed by atoms with Crippen LogP contribution in [0.1, 0.15) is 23.0 Å². The van der Waals surface area contributed by atoms with Gasteiger partial charge in [-0.1, -0.05) is 6.07 Å². The summed E-state index contributed by atoms with van der Waals surface area (Å²) in [7, 11) is 0. The summed E-state index contributed by atoms with van der Waals surface area (Å²) in [5.41, 5.74) is 0. The average molecular weight is 270 g/mol. The van der Waals surface area contributed by atoms with Crippen LogP contribution in [-0.2, 0) is 9.59 Å². The molecule has 1 atom stereocenters. The van der Waals surface area contributed by atoms with Gasteiger partial charge in [0.2, 0.25) is 5.91 Å². The van der Waals surface area contributed by atoms with E-state index in [9.17, 15) is 14.4 Å². The van der Waals surface area contributed by atoms with Crippen LogP contribution in [0, 0.1) is 0 Å². The van der Waals surface area contributed by atoms with Crippen molar-refractivity contribution in [2.75, 3.05) is 6.54 Å². The molecule has 1 heterocycles. The van der Waals surface area contributed by atoms with Crippen LogP contribution in [0.15, 0.2) is 17.5 Å². The van der Waals surface area contributed by atoms with E-state index in [4.69, 9.17) is 5.11 Å². The van der Waals surface area contributed by atoms with Gasteiger partial charge in [-0.25, -0.2) is 0 Å². The second-order valence-electron chi connectivity index (χ2n) is 3.61. The van der Waals surface area contributed by atoms with E-state index in [-0.39, 0.29) is 18.9 Å². The maximum absolute atomic E-state index is 11.5. The summed E-state index contributed by atoms with van der Waals surface area (Å²) >= 11 is 1.31. The zero-order chi connectivity index (χ0) is 13.5. The molecule has 0 saturated heterocycles. The van der Waals surface area contributed by atoms with Gasteiger partial charge in [-0.15, -0.1) is 11.3 Å². The van der Waals surface area contributed by atoms with E-state index in [1.54, 1.807) is 17.5 Å². The van der Waals surface area contributed by atoms with Crippen molar-refractivity contribution in [1.29, 1.82) is 0 Å². The number of thiophene rings is 1. The first-order valence-electron chi connectivity index (χ1n) is 5.34. The number of nitrogens with one attached hydrogen (secondary N) is 2. The normalized spacial score (nSPS) is 11.6. The molecule has 0 bridgehead atoms. The molecule has 6 nitrogen and oxygen atoms in total. The fourth-order valence-corrected chi connectivity index (χ4v) is 1.80. The van der Waals surface area contributed by atoms with Crippen molar-refractivity contribution in [2.24, 2.45) is 0 Å². The summed E-state index contributed by atoms with van der Waals surface area (Å²) in [4.78, 5) is 33.9. The largest absolute Gasteiger partial charge is 0.480 e. The van der Waals surface area contributed by atoms with Crippen LogP contribution in [0.4, 0.5) is 0 Å². The second kappa shape index (κ2) is 6.75. The number of carboxylic acids is 1. The summed E-state index contributed by atoms with van der Waals surface area (Å²) < 4.78 is 0.